The van der Waals surface area contributed by atoms with Crippen molar-refractivity contribution in [1.29, 1.82) is 0 Å². The van der Waals surface area contributed by atoms with Crippen LogP contribution in [0, 0.1) is 6.92 Å². The number of aromatic nitrogens is 1. The minimum atomic E-state index is -0.0721. The molecule has 7 heteroatoms. The van der Waals surface area contributed by atoms with E-state index in [2.05, 4.69) is 44.4 Å². The summed E-state index contributed by atoms with van der Waals surface area (Å²) < 4.78 is 5.76. The quantitative estimate of drug-likeness (QED) is 0.488. The van der Waals surface area contributed by atoms with E-state index in [0.29, 0.717) is 13.2 Å². The molecule has 2 aromatic carbocycles. The van der Waals surface area contributed by atoms with E-state index < -0.39 is 0 Å². The van der Waals surface area contributed by atoms with Crippen molar-refractivity contribution in [3.63, 3.8) is 0 Å². The number of para-hydroxylation sites is 1. The van der Waals surface area contributed by atoms with E-state index in [1.165, 1.54) is 5.69 Å². The number of hydrogen-bond donors (Lipinski definition) is 1. The van der Waals surface area contributed by atoms with Crippen LogP contribution in [0.25, 0.3) is 6.08 Å². The zero-order chi connectivity index (χ0) is 22.9. The summed E-state index contributed by atoms with van der Waals surface area (Å²) in [4.78, 5) is 21.4. The maximum Gasteiger partial charge on any atom is 0.244 e. The lowest BCUT2D eigenvalue weighted by atomic mass is 10.2. The minimum absolute atomic E-state index is 0.0721. The van der Waals surface area contributed by atoms with Crippen LogP contribution in [0.2, 0.25) is 0 Å². The Morgan fingerprint density at radius 1 is 1.09 bits per heavy atom. The molecule has 1 saturated heterocycles. The second-order valence-corrected chi connectivity index (χ2v) is 9.07. The van der Waals surface area contributed by atoms with Crippen molar-refractivity contribution < 1.29 is 9.53 Å². The number of nitrogens with zero attached hydrogens (tertiary/aromatic N) is 3. The normalized spacial score (nSPS) is 14.5. The van der Waals surface area contributed by atoms with Crippen LogP contribution in [0.3, 0.4) is 0 Å². The molecule has 172 valence electrons. The Labute approximate surface area is 199 Å². The number of hydrogen-bond acceptors (Lipinski definition) is 6. The molecular formula is C26H30N4O2S. The molecule has 3 aromatic rings. The molecule has 0 bridgehead atoms. The topological polar surface area (TPSA) is 57.7 Å². The van der Waals surface area contributed by atoms with Gasteiger partial charge in [-0.25, -0.2) is 4.98 Å². The lowest BCUT2D eigenvalue weighted by Crippen LogP contribution is -2.48. The summed E-state index contributed by atoms with van der Waals surface area (Å²) in [5.74, 6) is 0.715. The number of anilines is 1. The molecule has 6 nitrogen and oxygen atoms in total. The van der Waals surface area contributed by atoms with E-state index in [4.69, 9.17) is 4.74 Å². The lowest BCUT2D eigenvalue weighted by molar-refractivity contribution is -0.116. The first-order valence-electron chi connectivity index (χ1n) is 11.3. The van der Waals surface area contributed by atoms with Crippen molar-refractivity contribution in [3.8, 4) is 5.75 Å². The van der Waals surface area contributed by atoms with Crippen molar-refractivity contribution >= 4 is 29.0 Å². The number of benzene rings is 2. The summed E-state index contributed by atoms with van der Waals surface area (Å²) in [6, 6.07) is 18.2. The Morgan fingerprint density at radius 2 is 1.85 bits per heavy atom. The number of carbonyl (C=O) groups excluding carboxylic acids is 1. The summed E-state index contributed by atoms with van der Waals surface area (Å²) in [6.45, 7) is 8.02. The Bertz CT molecular complexity index is 1040. The minimum Gasteiger partial charge on any atom is -0.487 e. The zero-order valence-corrected chi connectivity index (χ0v) is 19.8. The molecule has 1 fully saturated rings. The monoisotopic (exact) mass is 462 g/mol. The molecule has 1 N–H and O–H groups in total. The number of thiazole rings is 1. The highest BCUT2D eigenvalue weighted by molar-refractivity contribution is 7.09. The van der Waals surface area contributed by atoms with E-state index in [1.807, 2.05) is 48.7 Å². The van der Waals surface area contributed by atoms with Gasteiger partial charge in [0.1, 0.15) is 12.4 Å². The molecule has 2 heterocycles. The summed E-state index contributed by atoms with van der Waals surface area (Å²) in [5, 5.41) is 6.03. The first kappa shape index (κ1) is 23.0. The van der Waals surface area contributed by atoms with Crippen molar-refractivity contribution in [2.45, 2.75) is 13.5 Å². The first-order chi connectivity index (χ1) is 16.2. The SMILES string of the molecule is Cc1nc(COc2ccc(/C=C/C(=O)NCCN3CCN(c4ccccc4)CC3)cc2)cs1. The number of amides is 1. The summed E-state index contributed by atoms with van der Waals surface area (Å²) in [6.07, 6.45) is 3.41. The predicted molar refractivity (Wildman–Crippen MR) is 135 cm³/mol. The van der Waals surface area contributed by atoms with Crippen LogP contribution in [-0.2, 0) is 11.4 Å². The smallest absolute Gasteiger partial charge is 0.244 e. The molecule has 0 spiro atoms. The molecule has 1 amide bonds. The number of aryl methyl sites for hydroxylation is 1. The van der Waals surface area contributed by atoms with Crippen LogP contribution in [0.1, 0.15) is 16.3 Å². The van der Waals surface area contributed by atoms with Gasteiger partial charge in [0.2, 0.25) is 5.91 Å². The van der Waals surface area contributed by atoms with Gasteiger partial charge in [0.15, 0.2) is 0 Å². The summed E-state index contributed by atoms with van der Waals surface area (Å²) >= 11 is 1.62. The third-order valence-corrected chi connectivity index (χ3v) is 6.40. The van der Waals surface area contributed by atoms with E-state index in [0.717, 1.165) is 54.7 Å². The zero-order valence-electron chi connectivity index (χ0n) is 18.9. The van der Waals surface area contributed by atoms with Gasteiger partial charge in [0, 0.05) is 56.4 Å². The maximum absolute atomic E-state index is 12.2. The van der Waals surface area contributed by atoms with Crippen LogP contribution >= 0.6 is 11.3 Å². The van der Waals surface area contributed by atoms with Crippen LogP contribution in [0.15, 0.2) is 66.1 Å². The lowest BCUT2D eigenvalue weighted by Gasteiger charge is -2.36. The molecule has 1 aliphatic heterocycles. The van der Waals surface area contributed by atoms with Gasteiger partial charge in [-0.05, 0) is 42.8 Å². The Kier molecular flexibility index (Phi) is 8.11. The molecule has 33 heavy (non-hydrogen) atoms. The van der Waals surface area contributed by atoms with E-state index in [1.54, 1.807) is 17.4 Å². The van der Waals surface area contributed by atoms with E-state index in [-0.39, 0.29) is 5.91 Å². The average molecular weight is 463 g/mol. The van der Waals surface area contributed by atoms with Crippen LogP contribution < -0.4 is 15.0 Å². The number of rotatable bonds is 9. The van der Waals surface area contributed by atoms with Gasteiger partial charge in [-0.2, -0.15) is 0 Å². The van der Waals surface area contributed by atoms with Gasteiger partial charge in [-0.1, -0.05) is 30.3 Å². The Morgan fingerprint density at radius 3 is 2.55 bits per heavy atom. The van der Waals surface area contributed by atoms with Crippen LogP contribution in [-0.4, -0.2) is 55.1 Å². The van der Waals surface area contributed by atoms with Crippen LogP contribution in [0.5, 0.6) is 5.75 Å². The Balaban J connectivity index is 1.13. The highest BCUT2D eigenvalue weighted by atomic mass is 32.1. The molecule has 0 radical (unpaired) electrons. The molecule has 0 unspecified atom stereocenters. The van der Waals surface area contributed by atoms with Crippen molar-refractivity contribution in [2.75, 3.05) is 44.2 Å². The van der Waals surface area contributed by atoms with E-state index >= 15 is 0 Å². The standard InChI is InChI=1S/C26H30N4O2S/c1-21-28-23(20-33-21)19-32-25-10-7-22(8-11-25)9-12-26(31)27-13-14-29-15-17-30(18-16-29)24-5-3-2-4-6-24/h2-12,20H,13-19H2,1H3,(H,27,31)/b12-9+. The molecule has 0 atom stereocenters. The van der Waals surface area contributed by atoms with Gasteiger partial charge in [0.05, 0.1) is 10.7 Å². The third-order valence-electron chi connectivity index (χ3n) is 5.58. The number of carbonyl (C=O) groups is 1. The predicted octanol–water partition coefficient (Wildman–Crippen LogP) is 3.98. The second kappa shape index (κ2) is 11.6. The maximum atomic E-state index is 12.2. The number of ether oxygens (including phenoxy) is 1. The molecule has 0 aliphatic carbocycles. The molecule has 1 aromatic heterocycles. The fourth-order valence-electron chi connectivity index (χ4n) is 3.74. The van der Waals surface area contributed by atoms with Gasteiger partial charge < -0.3 is 15.0 Å². The molecular weight excluding hydrogens is 432 g/mol. The van der Waals surface area contributed by atoms with Crippen molar-refractivity contribution in [1.82, 2.24) is 15.2 Å². The Hall–Kier alpha value is -3.16. The van der Waals surface area contributed by atoms with E-state index in [9.17, 15) is 4.79 Å². The number of nitrogens with one attached hydrogen (secondary N) is 1. The van der Waals surface area contributed by atoms with Gasteiger partial charge in [-0.3, -0.25) is 9.69 Å². The fourth-order valence-corrected chi connectivity index (χ4v) is 4.34. The second-order valence-electron chi connectivity index (χ2n) is 8.00. The van der Waals surface area contributed by atoms with Crippen LogP contribution in [0.4, 0.5) is 5.69 Å². The molecule has 4 rings (SSSR count). The van der Waals surface area contributed by atoms with Crippen molar-refractivity contribution in [2.24, 2.45) is 0 Å². The highest BCUT2D eigenvalue weighted by Gasteiger charge is 2.16. The average Bonchev–Trinajstić information content (AvgIpc) is 3.28. The number of piperazine rings is 1. The summed E-state index contributed by atoms with van der Waals surface area (Å²) in [5.41, 5.74) is 3.18. The fraction of sp³-hybridized carbons (Fsp3) is 0.308. The van der Waals surface area contributed by atoms with Gasteiger partial charge in [-0.15, -0.1) is 11.3 Å². The van der Waals surface area contributed by atoms with Gasteiger partial charge >= 0.3 is 0 Å². The molecule has 0 saturated carbocycles. The molecule has 1 aliphatic rings. The third kappa shape index (κ3) is 7.17. The first-order valence-corrected chi connectivity index (χ1v) is 12.2. The highest BCUT2D eigenvalue weighted by Crippen LogP contribution is 2.17. The van der Waals surface area contributed by atoms with Crippen molar-refractivity contribution in [3.05, 3.63) is 82.3 Å². The summed E-state index contributed by atoms with van der Waals surface area (Å²) in [7, 11) is 0. The largest absolute Gasteiger partial charge is 0.487 e. The van der Waals surface area contributed by atoms with Gasteiger partial charge in [0.25, 0.3) is 0 Å².